The van der Waals surface area contributed by atoms with Crippen LogP contribution in [0.15, 0.2) is 53.4 Å². The Morgan fingerprint density at radius 3 is 1.89 bits per heavy atom. The van der Waals surface area contributed by atoms with Crippen molar-refractivity contribution >= 4 is 15.9 Å². The lowest BCUT2D eigenvalue weighted by atomic mass is 9.77. The molecule has 0 aliphatic carbocycles. The molecule has 0 unspecified atom stereocenters. The molecule has 8 rings (SSSR count). The zero-order valence-electron chi connectivity index (χ0n) is 36.4. The summed E-state index contributed by atoms with van der Waals surface area (Å²) in [6.07, 6.45) is 7.77. The maximum Gasteiger partial charge on any atom is 0.296 e. The van der Waals surface area contributed by atoms with Gasteiger partial charge >= 0.3 is 0 Å². The van der Waals surface area contributed by atoms with E-state index in [-0.39, 0.29) is 42.1 Å². The molecule has 5 aliphatic rings. The van der Waals surface area contributed by atoms with Gasteiger partial charge in [0.2, 0.25) is 0 Å². The van der Waals surface area contributed by atoms with Crippen LogP contribution in [0.2, 0.25) is 0 Å². The average molecular weight is 866 g/mol. The number of aryl methyl sites for hydroxylation is 1. The van der Waals surface area contributed by atoms with Crippen LogP contribution in [0.5, 0.6) is 23.0 Å². The van der Waals surface area contributed by atoms with Gasteiger partial charge in [0.1, 0.15) is 5.78 Å². The van der Waals surface area contributed by atoms with E-state index >= 15 is 0 Å². The molecular formula is C47H63FN2O10S. The molecule has 14 heteroatoms. The first kappa shape index (κ1) is 45.2. The molecule has 1 spiro atoms. The smallest absolute Gasteiger partial charge is 0.296 e. The summed E-state index contributed by atoms with van der Waals surface area (Å²) in [5.41, 5.74) is 6.00. The average Bonchev–Trinajstić information content (AvgIpc) is 3.74. The van der Waals surface area contributed by atoms with Gasteiger partial charge in [-0.15, -0.1) is 0 Å². The van der Waals surface area contributed by atoms with Crippen molar-refractivity contribution in [3.63, 3.8) is 0 Å². The molecule has 3 fully saturated rings. The molecule has 0 saturated carbocycles. The Bertz CT molecular complexity index is 2080. The third-order valence-electron chi connectivity index (χ3n) is 13.3. The summed E-state index contributed by atoms with van der Waals surface area (Å²) in [5.74, 6) is 2.95. The number of unbranched alkanes of at least 4 members (excludes halogenated alkanes) is 2. The SMILES string of the molecule is COc1cc2c(cc1OC)[C@H]1CC(=O)[C@H](CCCC[18F])CN1CC2.COc1cc2c(cc1OC)[C@H]1CC3(OCCO3)[C@H](CCCCOS(=O)(=O)c3ccc(C)cc3)CN1CC2. The Hall–Kier alpha value is -3.79. The monoisotopic (exact) mass is 865 g/mol. The van der Waals surface area contributed by atoms with Crippen molar-refractivity contribution < 1.29 is 50.2 Å². The minimum absolute atomic E-state index is 0.0643. The van der Waals surface area contributed by atoms with Crippen LogP contribution in [-0.4, -0.2) is 111 Å². The van der Waals surface area contributed by atoms with Gasteiger partial charge in [-0.2, -0.15) is 8.42 Å². The molecule has 4 atom stereocenters. The first-order chi connectivity index (χ1) is 29.5. The van der Waals surface area contributed by atoms with Crippen LogP contribution in [-0.2, 0) is 41.4 Å². The lowest BCUT2D eigenvalue weighted by molar-refractivity contribution is -0.235. The van der Waals surface area contributed by atoms with E-state index in [1.807, 2.05) is 19.1 Å². The molecule has 0 radical (unpaired) electrons. The van der Waals surface area contributed by atoms with Crippen molar-refractivity contribution in [2.24, 2.45) is 11.8 Å². The van der Waals surface area contributed by atoms with Crippen molar-refractivity contribution in [2.75, 3.05) is 81.1 Å². The number of nitrogens with zero attached hydrogens (tertiary/aromatic N) is 2. The summed E-state index contributed by atoms with van der Waals surface area (Å²) in [4.78, 5) is 17.7. The summed E-state index contributed by atoms with van der Waals surface area (Å²) in [5, 5.41) is 0. The second-order valence-electron chi connectivity index (χ2n) is 16.9. The molecule has 3 saturated heterocycles. The van der Waals surface area contributed by atoms with E-state index in [1.54, 1.807) is 52.7 Å². The van der Waals surface area contributed by atoms with E-state index in [9.17, 15) is 17.6 Å². The van der Waals surface area contributed by atoms with Gasteiger partial charge in [0.05, 0.1) is 59.8 Å². The summed E-state index contributed by atoms with van der Waals surface area (Å²) in [7, 11) is 2.88. The molecule has 0 N–H and O–H groups in total. The summed E-state index contributed by atoms with van der Waals surface area (Å²) in [6, 6.07) is 15.3. The Morgan fingerprint density at radius 1 is 0.738 bits per heavy atom. The number of piperidine rings is 2. The molecule has 61 heavy (non-hydrogen) atoms. The van der Waals surface area contributed by atoms with Crippen LogP contribution in [0.1, 0.15) is 91.3 Å². The number of rotatable bonds is 15. The van der Waals surface area contributed by atoms with E-state index in [1.165, 1.54) is 22.3 Å². The standard InChI is InChI=1S/C28H37NO7S.C19H26FNO3/c1-20-7-9-23(10-8-20)37(30,31)36-13-5-4-6-22-19-29-12-11-21-16-26(32-2)27(33-3)17-24(21)25(29)18-28(22)34-14-15-35-28;1-23-18-9-13-6-8-21-12-14(5-3-4-7-20)17(22)11-16(21)15(13)10-19(18)24-2/h7-10,16-17,22,25H,4-6,11-15,18-19H2,1-3H3;9-10,14,16H,3-8,11-12H2,1-2H3/t22-,25-;14-,16-/m11/s1/i;20-1. The molecule has 5 heterocycles. The highest BCUT2D eigenvalue weighted by molar-refractivity contribution is 7.86. The molecule has 334 valence electrons. The minimum atomic E-state index is -3.74. The van der Waals surface area contributed by atoms with Crippen molar-refractivity contribution in [1.82, 2.24) is 9.80 Å². The van der Waals surface area contributed by atoms with Gasteiger partial charge in [-0.25, -0.2) is 0 Å². The molecule has 12 nitrogen and oxygen atoms in total. The predicted molar refractivity (Wildman–Crippen MR) is 229 cm³/mol. The summed E-state index contributed by atoms with van der Waals surface area (Å²) in [6.45, 7) is 6.59. The third-order valence-corrected chi connectivity index (χ3v) is 14.6. The van der Waals surface area contributed by atoms with Gasteiger partial charge in [0.15, 0.2) is 28.8 Å². The largest absolute Gasteiger partial charge is 0.493 e. The Labute approximate surface area is 361 Å². The van der Waals surface area contributed by atoms with Crippen LogP contribution < -0.4 is 18.9 Å². The number of ether oxygens (including phenoxy) is 6. The number of fused-ring (bicyclic) bond motifs is 6. The first-order valence-electron chi connectivity index (χ1n) is 21.8. The Balaban J connectivity index is 0.000000202. The quantitative estimate of drug-likeness (QED) is 0.111. The van der Waals surface area contributed by atoms with Crippen LogP contribution in [0, 0.1) is 18.8 Å². The molecular weight excluding hydrogens is 803 g/mol. The van der Waals surface area contributed by atoms with Gasteiger partial charge in [0.25, 0.3) is 10.1 Å². The van der Waals surface area contributed by atoms with E-state index in [0.29, 0.717) is 38.3 Å². The Morgan fingerprint density at radius 2 is 1.30 bits per heavy atom. The van der Waals surface area contributed by atoms with Crippen molar-refractivity contribution in [1.29, 1.82) is 0 Å². The van der Waals surface area contributed by atoms with Crippen LogP contribution >= 0.6 is 0 Å². The molecule has 3 aromatic rings. The second-order valence-corrected chi connectivity index (χ2v) is 18.5. The van der Waals surface area contributed by atoms with Crippen molar-refractivity contribution in [3.8, 4) is 23.0 Å². The fourth-order valence-corrected chi connectivity index (χ4v) is 10.9. The molecule has 3 aromatic carbocycles. The van der Waals surface area contributed by atoms with Crippen LogP contribution in [0.4, 0.5) is 4.39 Å². The van der Waals surface area contributed by atoms with E-state index < -0.39 is 15.9 Å². The zero-order valence-corrected chi connectivity index (χ0v) is 37.2. The number of alkyl halides is 1. The van der Waals surface area contributed by atoms with Gasteiger partial charge < -0.3 is 28.4 Å². The number of carbonyl (C=O) groups excluding carboxylic acids is 1. The van der Waals surface area contributed by atoms with Gasteiger partial charge in [-0.3, -0.25) is 23.2 Å². The highest BCUT2D eigenvalue weighted by Gasteiger charge is 2.52. The maximum atomic E-state index is 12.6. The number of benzene rings is 3. The van der Waals surface area contributed by atoms with Crippen LogP contribution in [0.25, 0.3) is 0 Å². The van der Waals surface area contributed by atoms with Crippen LogP contribution in [0.3, 0.4) is 0 Å². The summed E-state index contributed by atoms with van der Waals surface area (Å²) >= 11 is 0. The highest BCUT2D eigenvalue weighted by atomic mass is 32.2. The van der Waals surface area contributed by atoms with Crippen molar-refractivity contribution in [2.45, 2.75) is 93.9 Å². The number of halogens is 1. The number of Topliss-reactive ketones (excluding diaryl/α,β-unsaturated/α-hetero) is 1. The third kappa shape index (κ3) is 10.0. The van der Waals surface area contributed by atoms with Gasteiger partial charge in [-0.05, 0) is 104 Å². The number of hydrogen-bond donors (Lipinski definition) is 0. The number of ketones is 1. The summed E-state index contributed by atoms with van der Waals surface area (Å²) < 4.78 is 77.1. The number of hydrogen-bond acceptors (Lipinski definition) is 12. The number of methoxy groups -OCH3 is 4. The Kier molecular flexibility index (Phi) is 14.9. The molecule has 0 amide bonds. The minimum Gasteiger partial charge on any atom is -0.493 e. The first-order valence-corrected chi connectivity index (χ1v) is 23.2. The van der Waals surface area contributed by atoms with E-state index in [2.05, 4.69) is 21.9 Å². The van der Waals surface area contributed by atoms with Gasteiger partial charge in [0, 0.05) is 62.9 Å². The zero-order chi connectivity index (χ0) is 43.1. The lowest BCUT2D eigenvalue weighted by Gasteiger charge is -2.51. The second kappa shape index (κ2) is 20.2. The fourth-order valence-electron chi connectivity index (χ4n) is 9.98. The van der Waals surface area contributed by atoms with Gasteiger partial charge in [-0.1, -0.05) is 30.5 Å². The number of carbonyl (C=O) groups is 1. The molecule has 5 aliphatic heterocycles. The topological polar surface area (TPSA) is 122 Å². The van der Waals surface area contributed by atoms with E-state index in [0.717, 1.165) is 99.7 Å². The van der Waals surface area contributed by atoms with Crippen molar-refractivity contribution in [3.05, 3.63) is 76.3 Å². The normalized spacial score (nSPS) is 23.2. The lowest BCUT2D eigenvalue weighted by Crippen LogP contribution is -2.55. The predicted octanol–water partition coefficient (Wildman–Crippen LogP) is 7.58. The maximum absolute atomic E-state index is 12.6. The van der Waals surface area contributed by atoms with E-state index in [4.69, 9.17) is 32.6 Å². The fraction of sp³-hybridized carbons (Fsp3) is 0.596. The molecule has 0 aromatic heterocycles. The molecule has 0 bridgehead atoms. The highest BCUT2D eigenvalue weighted by Crippen LogP contribution is 2.50.